The second-order valence-corrected chi connectivity index (χ2v) is 14.2. The Balaban J connectivity index is 1.17. The van der Waals surface area contributed by atoms with Gasteiger partial charge in [-0.15, -0.1) is 0 Å². The van der Waals surface area contributed by atoms with Crippen molar-refractivity contribution in [1.82, 2.24) is 15.3 Å². The highest BCUT2D eigenvalue weighted by Crippen LogP contribution is 2.50. The Kier molecular flexibility index (Phi) is 8.58. The molecule has 3 nitrogen and oxygen atoms in total. The van der Waals surface area contributed by atoms with Gasteiger partial charge in [-0.2, -0.15) is 0 Å². The summed E-state index contributed by atoms with van der Waals surface area (Å²) in [6.45, 7) is 0. The number of allylic oxidation sites excluding steroid dienone is 2. The van der Waals surface area contributed by atoms with Crippen LogP contribution in [0.1, 0.15) is 33.9 Å². The summed E-state index contributed by atoms with van der Waals surface area (Å²) in [6, 6.07) is 75.2. The van der Waals surface area contributed by atoms with Gasteiger partial charge in [0.2, 0.25) is 0 Å². The first-order chi connectivity index (χ1) is 27.8. The third kappa shape index (κ3) is 6.15. The Bertz CT molecular complexity index is 2880. The van der Waals surface area contributed by atoms with Crippen molar-refractivity contribution in [1.29, 1.82) is 0 Å². The van der Waals surface area contributed by atoms with E-state index in [-0.39, 0.29) is 6.04 Å². The minimum Gasteiger partial charge on any atom is -0.373 e. The number of hydrogen-bond acceptors (Lipinski definition) is 3. The first-order valence-corrected chi connectivity index (χ1v) is 19.1. The Labute approximate surface area is 327 Å². The standard InChI is InChI=1S/C53H37N3/c1-6-16-36(17-7-1)45-34-32-43-30-31-44-33-35-46(55-53(44)52(43)54-45)37-26-28-40(29-27-37)47-48(38-18-8-2-9-19-38)50(41-22-12-4-13-23-41)56-51(42-24-14-5-15-25-42)49(47)39-20-10-3-11-21-39/h1-35,50,56H. The van der Waals surface area contributed by atoms with E-state index < -0.39 is 0 Å². The van der Waals surface area contributed by atoms with Gasteiger partial charge < -0.3 is 5.32 Å². The molecule has 9 aromatic rings. The van der Waals surface area contributed by atoms with Crippen LogP contribution in [0.4, 0.5) is 0 Å². The highest BCUT2D eigenvalue weighted by atomic mass is 14.9. The zero-order valence-corrected chi connectivity index (χ0v) is 30.7. The van der Waals surface area contributed by atoms with E-state index in [1.165, 1.54) is 27.8 Å². The monoisotopic (exact) mass is 715 g/mol. The third-order valence-electron chi connectivity index (χ3n) is 10.7. The van der Waals surface area contributed by atoms with Crippen molar-refractivity contribution in [3.63, 3.8) is 0 Å². The van der Waals surface area contributed by atoms with Gasteiger partial charge in [-0.25, -0.2) is 9.97 Å². The molecule has 0 spiro atoms. The molecule has 0 amide bonds. The van der Waals surface area contributed by atoms with Crippen molar-refractivity contribution < 1.29 is 0 Å². The summed E-state index contributed by atoms with van der Waals surface area (Å²) >= 11 is 0. The number of dihydropyridines is 1. The molecule has 3 heterocycles. The maximum Gasteiger partial charge on any atom is 0.0972 e. The summed E-state index contributed by atoms with van der Waals surface area (Å²) in [5.41, 5.74) is 16.4. The number of fused-ring (bicyclic) bond motifs is 3. The van der Waals surface area contributed by atoms with Crippen LogP contribution in [-0.4, -0.2) is 9.97 Å². The summed E-state index contributed by atoms with van der Waals surface area (Å²) < 4.78 is 0. The Hall–Kier alpha value is -7.36. The molecule has 2 aromatic heterocycles. The van der Waals surface area contributed by atoms with E-state index >= 15 is 0 Å². The van der Waals surface area contributed by atoms with Crippen LogP contribution in [0.5, 0.6) is 0 Å². The molecule has 10 rings (SSSR count). The number of nitrogens with zero attached hydrogens (tertiary/aromatic N) is 2. The lowest BCUT2D eigenvalue weighted by Gasteiger charge is -2.36. The van der Waals surface area contributed by atoms with Crippen LogP contribution >= 0.6 is 0 Å². The van der Waals surface area contributed by atoms with Gasteiger partial charge in [-0.3, -0.25) is 0 Å². The molecule has 0 fully saturated rings. The van der Waals surface area contributed by atoms with Crippen LogP contribution in [0.15, 0.2) is 212 Å². The third-order valence-corrected chi connectivity index (χ3v) is 10.7. The van der Waals surface area contributed by atoms with Crippen LogP contribution in [0.3, 0.4) is 0 Å². The van der Waals surface area contributed by atoms with Gasteiger partial charge in [-0.1, -0.05) is 200 Å². The summed E-state index contributed by atoms with van der Waals surface area (Å²) in [6.07, 6.45) is 0. The van der Waals surface area contributed by atoms with Crippen molar-refractivity contribution in [2.24, 2.45) is 0 Å². The van der Waals surface area contributed by atoms with Gasteiger partial charge in [0, 0.05) is 27.5 Å². The lowest BCUT2D eigenvalue weighted by molar-refractivity contribution is 0.787. The van der Waals surface area contributed by atoms with Crippen molar-refractivity contribution >= 4 is 44.2 Å². The number of pyridine rings is 2. The Morgan fingerprint density at radius 3 is 1.25 bits per heavy atom. The fraction of sp³-hybridized carbons (Fsp3) is 0.0189. The van der Waals surface area contributed by atoms with E-state index in [2.05, 4.69) is 212 Å². The first kappa shape index (κ1) is 33.2. The molecule has 1 aliphatic heterocycles. The molecule has 0 bridgehead atoms. The minimum absolute atomic E-state index is 0.0975. The van der Waals surface area contributed by atoms with E-state index in [1.807, 2.05) is 6.07 Å². The Morgan fingerprint density at radius 2 is 0.714 bits per heavy atom. The summed E-state index contributed by atoms with van der Waals surface area (Å²) in [5, 5.41) is 6.22. The predicted octanol–water partition coefficient (Wildman–Crippen LogP) is 12.9. The smallest absolute Gasteiger partial charge is 0.0972 e. The molecule has 0 saturated carbocycles. The summed E-state index contributed by atoms with van der Waals surface area (Å²) in [5.74, 6) is 0. The fourth-order valence-electron chi connectivity index (χ4n) is 8.05. The molecule has 0 saturated heterocycles. The minimum atomic E-state index is -0.0975. The quantitative estimate of drug-likeness (QED) is 0.167. The zero-order valence-electron chi connectivity index (χ0n) is 30.7. The average molecular weight is 716 g/mol. The lowest BCUT2D eigenvalue weighted by Crippen LogP contribution is -2.27. The number of aromatic nitrogens is 2. The van der Waals surface area contributed by atoms with Crippen LogP contribution in [0, 0.1) is 0 Å². The van der Waals surface area contributed by atoms with Crippen molar-refractivity contribution in [3.8, 4) is 22.5 Å². The van der Waals surface area contributed by atoms with Gasteiger partial charge in [0.25, 0.3) is 0 Å². The molecule has 7 aromatic carbocycles. The van der Waals surface area contributed by atoms with Crippen molar-refractivity contribution in [2.45, 2.75) is 6.04 Å². The molecular weight excluding hydrogens is 679 g/mol. The lowest BCUT2D eigenvalue weighted by atomic mass is 9.77. The number of benzene rings is 7. The molecule has 1 atom stereocenters. The maximum atomic E-state index is 5.29. The number of nitrogens with one attached hydrogen (secondary N) is 1. The highest BCUT2D eigenvalue weighted by molar-refractivity contribution is 6.24. The van der Waals surface area contributed by atoms with E-state index in [1.54, 1.807) is 0 Å². The maximum absolute atomic E-state index is 5.29. The van der Waals surface area contributed by atoms with Gasteiger partial charge in [0.1, 0.15) is 0 Å². The molecule has 1 unspecified atom stereocenters. The predicted molar refractivity (Wildman–Crippen MR) is 233 cm³/mol. The molecule has 0 radical (unpaired) electrons. The number of rotatable bonds is 7. The molecule has 1 aliphatic rings. The van der Waals surface area contributed by atoms with E-state index in [0.717, 1.165) is 66.7 Å². The summed E-state index contributed by atoms with van der Waals surface area (Å²) in [4.78, 5) is 10.4. The van der Waals surface area contributed by atoms with E-state index in [9.17, 15) is 0 Å². The highest BCUT2D eigenvalue weighted by Gasteiger charge is 2.33. The second-order valence-electron chi connectivity index (χ2n) is 14.2. The van der Waals surface area contributed by atoms with Gasteiger partial charge >= 0.3 is 0 Å². The van der Waals surface area contributed by atoms with Crippen LogP contribution in [0.25, 0.3) is 66.7 Å². The summed E-state index contributed by atoms with van der Waals surface area (Å²) in [7, 11) is 0. The van der Waals surface area contributed by atoms with Crippen LogP contribution in [0.2, 0.25) is 0 Å². The number of hydrogen-bond donors (Lipinski definition) is 1. The first-order valence-electron chi connectivity index (χ1n) is 19.1. The molecule has 1 N–H and O–H groups in total. The SMILES string of the molecule is c1ccc(C2=C(c3ccccc3)C(c3ccc(-c4ccc5ccc6ccc(-c7ccccc7)nc6c5n4)cc3)=C(c3ccccc3)C(c3ccccc3)N2)cc1. The van der Waals surface area contributed by atoms with Gasteiger partial charge in [0.05, 0.1) is 34.2 Å². The molecule has 264 valence electrons. The van der Waals surface area contributed by atoms with Gasteiger partial charge in [-0.05, 0) is 51.1 Å². The second kappa shape index (κ2) is 14.5. The molecular formula is C53H37N3. The topological polar surface area (TPSA) is 37.8 Å². The van der Waals surface area contributed by atoms with Crippen LogP contribution < -0.4 is 5.32 Å². The largest absolute Gasteiger partial charge is 0.373 e. The average Bonchev–Trinajstić information content (AvgIpc) is 3.29. The fourth-order valence-corrected chi connectivity index (χ4v) is 8.05. The normalized spacial score (nSPS) is 14.2. The van der Waals surface area contributed by atoms with E-state index in [0.29, 0.717) is 0 Å². The van der Waals surface area contributed by atoms with Crippen molar-refractivity contribution in [2.75, 3.05) is 0 Å². The molecule has 3 heteroatoms. The van der Waals surface area contributed by atoms with E-state index in [4.69, 9.17) is 9.97 Å². The molecule has 0 aliphatic carbocycles. The van der Waals surface area contributed by atoms with Gasteiger partial charge in [0.15, 0.2) is 0 Å². The van der Waals surface area contributed by atoms with Crippen molar-refractivity contribution in [3.05, 3.63) is 240 Å². The molecule has 56 heavy (non-hydrogen) atoms. The Morgan fingerprint density at radius 1 is 0.321 bits per heavy atom. The van der Waals surface area contributed by atoms with Crippen LogP contribution in [-0.2, 0) is 0 Å². The zero-order chi connectivity index (χ0) is 37.3.